The number of sulfone groups is 1. The zero-order valence-electron chi connectivity index (χ0n) is 13.1. The van der Waals surface area contributed by atoms with Gasteiger partial charge in [0.15, 0.2) is 9.84 Å². The minimum absolute atomic E-state index is 0.268. The van der Waals surface area contributed by atoms with Gasteiger partial charge >= 0.3 is 0 Å². The number of nitrogens with two attached hydrogens (primary N) is 1. The highest BCUT2D eigenvalue weighted by Gasteiger charge is 2.59. The first-order chi connectivity index (χ1) is 10.1. The molecule has 2 aliphatic heterocycles. The Morgan fingerprint density at radius 1 is 1.36 bits per heavy atom. The van der Waals surface area contributed by atoms with Gasteiger partial charge in [0.2, 0.25) is 0 Å². The standard InChI is InChI=1S/C16H21FN2O2S/c1-10-15(2)8-4-5-14(22(15,20)21)16(3,19-10)12-9-11(18)6-7-13(12)17/h6-7,9,14H,4-5,8,18H2,1-3H3/t14-,15+,16-/m1/s1. The van der Waals surface area contributed by atoms with Crippen LogP contribution in [0.4, 0.5) is 10.1 Å². The summed E-state index contributed by atoms with van der Waals surface area (Å²) in [6.45, 7) is 5.19. The number of benzene rings is 1. The summed E-state index contributed by atoms with van der Waals surface area (Å²) in [7, 11) is -3.44. The highest BCUT2D eigenvalue weighted by molar-refractivity contribution is 7.94. The van der Waals surface area contributed by atoms with E-state index in [-0.39, 0.29) is 5.56 Å². The number of nitrogen functional groups attached to an aromatic ring is 1. The van der Waals surface area contributed by atoms with Crippen LogP contribution >= 0.6 is 0 Å². The van der Waals surface area contributed by atoms with Crippen molar-refractivity contribution in [1.82, 2.24) is 0 Å². The molecule has 1 aromatic carbocycles. The van der Waals surface area contributed by atoms with E-state index in [2.05, 4.69) is 4.99 Å². The molecule has 0 unspecified atom stereocenters. The Balaban J connectivity index is 2.31. The van der Waals surface area contributed by atoms with Gasteiger partial charge in [0, 0.05) is 17.0 Å². The molecule has 0 aromatic heterocycles. The van der Waals surface area contributed by atoms with Crippen LogP contribution in [0.15, 0.2) is 23.2 Å². The first kappa shape index (κ1) is 15.5. The van der Waals surface area contributed by atoms with Crippen LogP contribution in [0.2, 0.25) is 0 Å². The van der Waals surface area contributed by atoms with Crippen LogP contribution in [0.3, 0.4) is 0 Å². The Morgan fingerprint density at radius 2 is 2.05 bits per heavy atom. The third kappa shape index (κ3) is 1.79. The highest BCUT2D eigenvalue weighted by Crippen LogP contribution is 2.50. The van der Waals surface area contributed by atoms with Crippen molar-refractivity contribution in [3.8, 4) is 0 Å². The van der Waals surface area contributed by atoms with Crippen LogP contribution in [0.5, 0.6) is 0 Å². The summed E-state index contributed by atoms with van der Waals surface area (Å²) >= 11 is 0. The number of rotatable bonds is 1. The molecule has 1 saturated heterocycles. The number of halogens is 1. The summed E-state index contributed by atoms with van der Waals surface area (Å²) in [5, 5.41) is -0.709. The minimum Gasteiger partial charge on any atom is -0.399 e. The molecule has 6 heteroatoms. The van der Waals surface area contributed by atoms with Gasteiger partial charge in [0.05, 0.1) is 5.25 Å². The molecule has 1 fully saturated rings. The van der Waals surface area contributed by atoms with E-state index >= 15 is 0 Å². The molecule has 2 N–H and O–H groups in total. The Bertz CT molecular complexity index is 774. The molecule has 0 spiro atoms. The molecule has 3 rings (SSSR count). The molecule has 2 aliphatic rings. The van der Waals surface area contributed by atoms with Crippen molar-refractivity contribution in [3.63, 3.8) is 0 Å². The van der Waals surface area contributed by atoms with Gasteiger partial charge in [-0.25, -0.2) is 12.8 Å². The number of nitrogens with zero attached hydrogens (tertiary/aromatic N) is 1. The SMILES string of the molecule is CC1=N[C@](C)(c2cc(N)ccc2F)[C@H]2CCC[C@]1(C)S2(=O)=O. The summed E-state index contributed by atoms with van der Waals surface area (Å²) in [5.41, 5.74) is 5.90. The molecule has 120 valence electrons. The fraction of sp³-hybridized carbons (Fsp3) is 0.562. The molecular weight excluding hydrogens is 303 g/mol. The normalized spacial score (nSPS) is 36.7. The summed E-state index contributed by atoms with van der Waals surface area (Å²) < 4.78 is 39.6. The first-order valence-corrected chi connectivity index (χ1v) is 9.03. The van der Waals surface area contributed by atoms with E-state index in [1.807, 2.05) is 0 Å². The third-order valence-electron chi connectivity index (χ3n) is 5.45. The Hall–Kier alpha value is -1.43. The van der Waals surface area contributed by atoms with Crippen LogP contribution in [-0.4, -0.2) is 24.1 Å². The maximum atomic E-state index is 14.4. The number of hydrogen-bond acceptors (Lipinski definition) is 4. The van der Waals surface area contributed by atoms with Gasteiger partial charge in [-0.2, -0.15) is 0 Å². The lowest BCUT2D eigenvalue weighted by molar-refractivity contribution is 0.356. The monoisotopic (exact) mass is 324 g/mol. The van der Waals surface area contributed by atoms with E-state index in [4.69, 9.17) is 5.73 Å². The second-order valence-corrected chi connectivity index (χ2v) is 9.30. The lowest BCUT2D eigenvalue weighted by Gasteiger charge is -2.49. The predicted octanol–water partition coefficient (Wildman–Crippen LogP) is 2.82. The molecule has 2 heterocycles. The van der Waals surface area contributed by atoms with Crippen molar-refractivity contribution < 1.29 is 12.8 Å². The van der Waals surface area contributed by atoms with E-state index in [1.165, 1.54) is 18.2 Å². The van der Waals surface area contributed by atoms with Gasteiger partial charge in [-0.1, -0.05) is 6.42 Å². The molecular formula is C16H21FN2O2S. The molecule has 2 bridgehead atoms. The van der Waals surface area contributed by atoms with E-state index in [0.717, 1.165) is 6.42 Å². The lowest BCUT2D eigenvalue weighted by Crippen LogP contribution is -2.60. The molecule has 4 nitrogen and oxygen atoms in total. The van der Waals surface area contributed by atoms with Gasteiger partial charge in [-0.15, -0.1) is 0 Å². The van der Waals surface area contributed by atoms with Crippen molar-refractivity contribution in [2.45, 2.75) is 55.6 Å². The smallest absolute Gasteiger partial charge is 0.166 e. The van der Waals surface area contributed by atoms with Crippen molar-refractivity contribution in [1.29, 1.82) is 0 Å². The maximum Gasteiger partial charge on any atom is 0.166 e. The van der Waals surface area contributed by atoms with Crippen molar-refractivity contribution >= 4 is 21.2 Å². The van der Waals surface area contributed by atoms with Gasteiger partial charge < -0.3 is 5.73 Å². The van der Waals surface area contributed by atoms with Crippen LogP contribution < -0.4 is 5.73 Å². The zero-order chi connectivity index (χ0) is 16.3. The van der Waals surface area contributed by atoms with Gasteiger partial charge in [-0.05, 0) is 51.8 Å². The van der Waals surface area contributed by atoms with Crippen LogP contribution in [0, 0.1) is 5.82 Å². The molecule has 1 aromatic rings. The van der Waals surface area contributed by atoms with Crippen LogP contribution in [0.25, 0.3) is 0 Å². The Labute approximate surface area is 130 Å². The molecule has 22 heavy (non-hydrogen) atoms. The molecule has 0 aliphatic carbocycles. The quantitative estimate of drug-likeness (QED) is 0.807. The fourth-order valence-electron chi connectivity index (χ4n) is 3.91. The van der Waals surface area contributed by atoms with Gasteiger partial charge in [0.25, 0.3) is 0 Å². The molecule has 0 radical (unpaired) electrons. The average molecular weight is 324 g/mol. The molecule has 3 atom stereocenters. The summed E-state index contributed by atoms with van der Waals surface area (Å²) in [6, 6.07) is 4.27. The van der Waals surface area contributed by atoms with E-state index in [1.54, 1.807) is 20.8 Å². The fourth-order valence-corrected chi connectivity index (χ4v) is 6.68. The van der Waals surface area contributed by atoms with E-state index < -0.39 is 31.2 Å². The number of hydrogen-bond donors (Lipinski definition) is 1. The van der Waals surface area contributed by atoms with Gasteiger partial charge in [0.1, 0.15) is 16.1 Å². The van der Waals surface area contributed by atoms with E-state index in [0.29, 0.717) is 24.2 Å². The molecule has 0 amide bonds. The summed E-state index contributed by atoms with van der Waals surface area (Å²) in [6.07, 6.45) is 1.88. The van der Waals surface area contributed by atoms with Crippen molar-refractivity contribution in [2.75, 3.05) is 5.73 Å². The number of fused-ring (bicyclic) bond motifs is 2. The van der Waals surface area contributed by atoms with Crippen molar-refractivity contribution in [2.24, 2.45) is 4.99 Å². The number of anilines is 1. The van der Waals surface area contributed by atoms with E-state index in [9.17, 15) is 12.8 Å². The Morgan fingerprint density at radius 3 is 2.73 bits per heavy atom. The summed E-state index contributed by atoms with van der Waals surface area (Å²) in [4.78, 5) is 4.68. The predicted molar refractivity (Wildman–Crippen MR) is 86.2 cm³/mol. The maximum absolute atomic E-state index is 14.4. The van der Waals surface area contributed by atoms with Gasteiger partial charge in [-0.3, -0.25) is 4.99 Å². The van der Waals surface area contributed by atoms with Crippen LogP contribution in [-0.2, 0) is 15.4 Å². The summed E-state index contributed by atoms with van der Waals surface area (Å²) in [5.74, 6) is -0.461. The minimum atomic E-state index is -3.44. The highest BCUT2D eigenvalue weighted by atomic mass is 32.2. The molecule has 0 saturated carbocycles. The topological polar surface area (TPSA) is 72.5 Å². The van der Waals surface area contributed by atoms with Crippen LogP contribution in [0.1, 0.15) is 45.6 Å². The lowest BCUT2D eigenvalue weighted by atomic mass is 9.81. The average Bonchev–Trinajstić information content (AvgIpc) is 2.42. The largest absolute Gasteiger partial charge is 0.399 e. The second-order valence-electron chi connectivity index (χ2n) is 6.74. The third-order valence-corrected chi connectivity index (χ3v) is 8.65. The number of aliphatic imine (C=N–C) groups is 1. The first-order valence-electron chi connectivity index (χ1n) is 7.49. The second kappa shape index (κ2) is 4.54. The Kier molecular flexibility index (Phi) is 3.19. The van der Waals surface area contributed by atoms with Crippen molar-refractivity contribution in [3.05, 3.63) is 29.6 Å². The zero-order valence-corrected chi connectivity index (χ0v) is 13.9.